The van der Waals surface area contributed by atoms with Crippen LogP contribution >= 0.6 is 11.6 Å². The highest BCUT2D eigenvalue weighted by atomic mass is 35.5. The fraction of sp³-hybridized carbons (Fsp3) is 0.368. The number of carbonyl (C=O) groups is 3. The van der Waals surface area contributed by atoms with Crippen molar-refractivity contribution in [3.8, 4) is 5.69 Å². The predicted octanol–water partition coefficient (Wildman–Crippen LogP) is 2.45. The lowest BCUT2D eigenvalue weighted by Crippen LogP contribution is -2.36. The van der Waals surface area contributed by atoms with Crippen LogP contribution in [-0.2, 0) is 27.3 Å². The zero-order valence-electron chi connectivity index (χ0n) is 15.4. The first kappa shape index (κ1) is 19.9. The van der Waals surface area contributed by atoms with E-state index in [0.717, 1.165) is 5.69 Å². The molecule has 0 fully saturated rings. The Morgan fingerprint density at radius 2 is 1.93 bits per heavy atom. The van der Waals surface area contributed by atoms with Gasteiger partial charge in [-0.05, 0) is 31.2 Å². The highest BCUT2D eigenvalue weighted by molar-refractivity contribution is 6.30. The average molecular weight is 406 g/mol. The Hall–Kier alpha value is -2.87. The number of carbonyl (C=O) groups excluding carboxylic acids is 2. The lowest BCUT2D eigenvalue weighted by molar-refractivity contribution is -0.145. The number of aromatic carboxylic acids is 1. The lowest BCUT2D eigenvalue weighted by atomic mass is 10.0. The number of ether oxygens (including phenoxy) is 1. The van der Waals surface area contributed by atoms with Crippen molar-refractivity contribution in [1.29, 1.82) is 0 Å². The van der Waals surface area contributed by atoms with Crippen LogP contribution in [0.15, 0.2) is 24.3 Å². The third-order valence-electron chi connectivity index (χ3n) is 4.53. The number of amides is 1. The molecule has 0 saturated carbocycles. The van der Waals surface area contributed by atoms with E-state index in [1.54, 1.807) is 40.8 Å². The maximum absolute atomic E-state index is 12.4. The van der Waals surface area contributed by atoms with E-state index in [2.05, 4.69) is 5.10 Å². The Bertz CT molecular complexity index is 907. The third-order valence-corrected chi connectivity index (χ3v) is 4.78. The molecule has 148 valence electrons. The molecular weight excluding hydrogens is 386 g/mol. The Balaban J connectivity index is 1.82. The topological polar surface area (TPSA) is 102 Å². The van der Waals surface area contributed by atoms with Crippen molar-refractivity contribution in [2.45, 2.75) is 32.7 Å². The smallest absolute Gasteiger partial charge is 0.356 e. The molecule has 0 radical (unpaired) electrons. The minimum absolute atomic E-state index is 0.00581. The normalized spacial score (nSPS) is 13.1. The number of esters is 1. The zero-order chi connectivity index (χ0) is 20.3. The van der Waals surface area contributed by atoms with E-state index in [4.69, 9.17) is 16.3 Å². The van der Waals surface area contributed by atoms with E-state index in [-0.39, 0.29) is 37.6 Å². The number of fused-ring (bicyclic) bond motifs is 1. The van der Waals surface area contributed by atoms with Crippen LogP contribution in [0.1, 0.15) is 41.5 Å². The van der Waals surface area contributed by atoms with Crippen molar-refractivity contribution in [2.24, 2.45) is 0 Å². The minimum Gasteiger partial charge on any atom is -0.476 e. The second-order valence-corrected chi connectivity index (χ2v) is 6.77. The quantitative estimate of drug-likeness (QED) is 0.740. The van der Waals surface area contributed by atoms with Gasteiger partial charge in [0.1, 0.15) is 0 Å². The maximum atomic E-state index is 12.4. The summed E-state index contributed by atoms with van der Waals surface area (Å²) >= 11 is 5.92. The summed E-state index contributed by atoms with van der Waals surface area (Å²) in [5.74, 6) is -1.78. The SMILES string of the molecule is CCOC(=O)CCC(=O)N1CCc2c(c(C(=O)O)nn2-c2ccc(Cl)cc2)C1. The Kier molecular flexibility index (Phi) is 5.99. The first-order valence-electron chi connectivity index (χ1n) is 8.94. The predicted molar refractivity (Wildman–Crippen MR) is 101 cm³/mol. The molecule has 1 aromatic heterocycles. The van der Waals surface area contributed by atoms with Crippen LogP contribution < -0.4 is 0 Å². The van der Waals surface area contributed by atoms with Crippen LogP contribution in [0.2, 0.25) is 5.02 Å². The van der Waals surface area contributed by atoms with Gasteiger partial charge in [-0.1, -0.05) is 11.6 Å². The summed E-state index contributed by atoms with van der Waals surface area (Å²) in [5, 5.41) is 14.4. The van der Waals surface area contributed by atoms with E-state index in [0.29, 0.717) is 29.2 Å². The first-order valence-corrected chi connectivity index (χ1v) is 9.32. The van der Waals surface area contributed by atoms with Gasteiger partial charge < -0.3 is 14.7 Å². The molecule has 28 heavy (non-hydrogen) atoms. The number of nitrogens with zero attached hydrogens (tertiary/aromatic N) is 3. The third kappa shape index (κ3) is 4.17. The largest absolute Gasteiger partial charge is 0.476 e. The summed E-state index contributed by atoms with van der Waals surface area (Å²) in [6.07, 6.45) is 0.497. The lowest BCUT2D eigenvalue weighted by Gasteiger charge is -2.27. The van der Waals surface area contributed by atoms with Gasteiger partial charge in [-0.3, -0.25) is 9.59 Å². The molecule has 3 rings (SSSR count). The van der Waals surface area contributed by atoms with Gasteiger partial charge in [0.25, 0.3) is 0 Å². The molecule has 2 aromatic rings. The number of carboxylic acid groups (broad SMARTS) is 1. The van der Waals surface area contributed by atoms with E-state index in [1.165, 1.54) is 0 Å². The van der Waals surface area contributed by atoms with Gasteiger partial charge in [-0.15, -0.1) is 0 Å². The molecule has 0 unspecified atom stereocenters. The molecule has 0 aliphatic carbocycles. The summed E-state index contributed by atoms with van der Waals surface area (Å²) in [6, 6.07) is 6.94. The standard InChI is InChI=1S/C19H20ClN3O5/c1-2-28-17(25)8-7-16(24)22-10-9-15-14(11-22)18(19(26)27)21-23(15)13-5-3-12(20)4-6-13/h3-6H,2,7-11H2,1H3,(H,26,27). The number of hydrogen-bond acceptors (Lipinski definition) is 5. The van der Waals surface area contributed by atoms with E-state index >= 15 is 0 Å². The molecule has 0 spiro atoms. The van der Waals surface area contributed by atoms with Crippen molar-refractivity contribution in [2.75, 3.05) is 13.2 Å². The highest BCUT2D eigenvalue weighted by Crippen LogP contribution is 2.26. The van der Waals surface area contributed by atoms with Crippen molar-refractivity contribution < 1.29 is 24.2 Å². The molecule has 8 nitrogen and oxygen atoms in total. The van der Waals surface area contributed by atoms with Gasteiger partial charge in [0.05, 0.1) is 24.4 Å². The number of benzene rings is 1. The van der Waals surface area contributed by atoms with Crippen LogP contribution in [0.5, 0.6) is 0 Å². The molecule has 2 heterocycles. The van der Waals surface area contributed by atoms with Gasteiger partial charge in [-0.25, -0.2) is 9.48 Å². The van der Waals surface area contributed by atoms with Crippen LogP contribution in [0.25, 0.3) is 5.69 Å². The minimum atomic E-state index is -1.15. The summed E-state index contributed by atoms with van der Waals surface area (Å²) in [4.78, 5) is 37.1. The number of rotatable bonds is 6. The van der Waals surface area contributed by atoms with Gasteiger partial charge in [-0.2, -0.15) is 5.10 Å². The average Bonchev–Trinajstić information content (AvgIpc) is 3.06. The van der Waals surface area contributed by atoms with E-state index in [9.17, 15) is 19.5 Å². The van der Waals surface area contributed by atoms with Crippen LogP contribution in [0.4, 0.5) is 0 Å². The summed E-state index contributed by atoms with van der Waals surface area (Å²) in [7, 11) is 0. The molecule has 0 bridgehead atoms. The number of halogens is 1. The molecule has 1 aliphatic rings. The van der Waals surface area contributed by atoms with Crippen molar-refractivity contribution >= 4 is 29.4 Å². The molecule has 0 atom stereocenters. The summed E-state index contributed by atoms with van der Waals surface area (Å²) in [5.41, 5.74) is 1.90. The molecule has 1 N–H and O–H groups in total. The Morgan fingerprint density at radius 1 is 1.21 bits per heavy atom. The molecule has 1 amide bonds. The first-order chi connectivity index (χ1) is 13.4. The fourth-order valence-electron chi connectivity index (χ4n) is 3.20. The fourth-order valence-corrected chi connectivity index (χ4v) is 3.33. The van der Waals surface area contributed by atoms with Gasteiger partial charge >= 0.3 is 11.9 Å². The van der Waals surface area contributed by atoms with Gasteiger partial charge in [0.2, 0.25) is 5.91 Å². The van der Waals surface area contributed by atoms with Crippen molar-refractivity contribution in [3.63, 3.8) is 0 Å². The monoisotopic (exact) mass is 405 g/mol. The molecule has 1 aromatic carbocycles. The van der Waals surface area contributed by atoms with E-state index in [1.807, 2.05) is 0 Å². The number of carboxylic acids is 1. The second kappa shape index (κ2) is 8.43. The van der Waals surface area contributed by atoms with Crippen molar-refractivity contribution in [1.82, 2.24) is 14.7 Å². The van der Waals surface area contributed by atoms with Crippen LogP contribution in [0, 0.1) is 0 Å². The number of aromatic nitrogens is 2. The van der Waals surface area contributed by atoms with Crippen LogP contribution in [0.3, 0.4) is 0 Å². The molecule has 1 aliphatic heterocycles. The summed E-state index contributed by atoms with van der Waals surface area (Å²) in [6.45, 7) is 2.54. The molecule has 0 saturated heterocycles. The Labute approximate surface area is 166 Å². The van der Waals surface area contributed by atoms with Crippen molar-refractivity contribution in [3.05, 3.63) is 46.2 Å². The molecule has 9 heteroatoms. The second-order valence-electron chi connectivity index (χ2n) is 6.34. The van der Waals surface area contributed by atoms with Crippen LogP contribution in [-0.4, -0.2) is 50.8 Å². The van der Waals surface area contributed by atoms with Gasteiger partial charge in [0.15, 0.2) is 5.69 Å². The maximum Gasteiger partial charge on any atom is 0.356 e. The van der Waals surface area contributed by atoms with Gasteiger partial charge in [0, 0.05) is 36.5 Å². The summed E-state index contributed by atoms with van der Waals surface area (Å²) < 4.78 is 6.43. The highest BCUT2D eigenvalue weighted by Gasteiger charge is 2.30. The number of hydrogen-bond donors (Lipinski definition) is 1. The zero-order valence-corrected chi connectivity index (χ0v) is 16.1. The Morgan fingerprint density at radius 3 is 2.57 bits per heavy atom. The van der Waals surface area contributed by atoms with E-state index < -0.39 is 11.9 Å². The molecular formula is C19H20ClN3O5.